The first-order valence-electron chi connectivity index (χ1n) is 3.69. The van der Waals surface area contributed by atoms with E-state index in [-0.39, 0.29) is 5.31 Å². The first-order valence-corrected chi connectivity index (χ1v) is 3.69. The van der Waals surface area contributed by atoms with Gasteiger partial charge < -0.3 is 14.8 Å². The van der Waals surface area contributed by atoms with Crippen molar-refractivity contribution in [1.29, 1.82) is 0 Å². The lowest BCUT2D eigenvalue weighted by Gasteiger charge is -2.20. The van der Waals surface area contributed by atoms with Crippen LogP contribution in [-0.4, -0.2) is 30.4 Å². The highest BCUT2D eigenvalue weighted by atomic mass is 16.5. The second-order valence-electron chi connectivity index (χ2n) is 3.33. The lowest BCUT2D eigenvalue weighted by atomic mass is 9.65. The van der Waals surface area contributed by atoms with Gasteiger partial charge in [-0.2, -0.15) is 0 Å². The molecule has 2 unspecified atom stereocenters. The summed E-state index contributed by atoms with van der Waals surface area (Å²) in [6, 6.07) is 0. The molecule has 4 heteroatoms. The van der Waals surface area contributed by atoms with Crippen molar-refractivity contribution in [2.24, 2.45) is 5.92 Å². The van der Waals surface area contributed by atoms with Crippen molar-refractivity contribution in [2.45, 2.75) is 18.2 Å². The third-order valence-electron chi connectivity index (χ3n) is 2.82. The van der Waals surface area contributed by atoms with Crippen molar-refractivity contribution in [3.05, 3.63) is 0 Å². The van der Waals surface area contributed by atoms with E-state index in [9.17, 15) is 0 Å². The van der Waals surface area contributed by atoms with Gasteiger partial charge >= 0.3 is 7.12 Å². The Bertz CT molecular complexity index is 150. The highest BCUT2D eigenvalue weighted by molar-refractivity contribution is 6.47. The molecule has 56 valence electrons. The molecule has 0 bridgehead atoms. The van der Waals surface area contributed by atoms with Crippen molar-refractivity contribution >= 4 is 7.12 Å². The van der Waals surface area contributed by atoms with E-state index in [0.29, 0.717) is 12.5 Å². The van der Waals surface area contributed by atoms with Crippen LogP contribution in [0.2, 0.25) is 5.31 Å². The largest absolute Gasteiger partial charge is 0.458 e. The third kappa shape index (κ3) is 0.728. The average molecular weight is 142 g/mol. The predicted molar refractivity (Wildman–Crippen MR) is 36.4 cm³/mol. The molecule has 3 nitrogen and oxygen atoms in total. The molecule has 10 heavy (non-hydrogen) atoms. The smallest absolute Gasteiger partial charge is 0.427 e. The maximum absolute atomic E-state index is 8.98. The van der Waals surface area contributed by atoms with Crippen LogP contribution in [0.4, 0.5) is 0 Å². The minimum Gasteiger partial charge on any atom is -0.427 e. The molecule has 0 aromatic heterocycles. The van der Waals surface area contributed by atoms with Crippen molar-refractivity contribution in [1.82, 2.24) is 0 Å². The number of ether oxygens (including phenoxy) is 1. The lowest BCUT2D eigenvalue weighted by Crippen LogP contribution is -2.28. The Morgan fingerprint density at radius 3 is 2.80 bits per heavy atom. The Hall–Kier alpha value is -0.0551. The monoisotopic (exact) mass is 142 g/mol. The maximum atomic E-state index is 8.98. The summed E-state index contributed by atoms with van der Waals surface area (Å²) in [4.78, 5) is 0. The Balaban J connectivity index is 2.05. The molecule has 0 spiro atoms. The van der Waals surface area contributed by atoms with Gasteiger partial charge in [0, 0.05) is 18.5 Å². The quantitative estimate of drug-likeness (QED) is 0.491. The van der Waals surface area contributed by atoms with E-state index in [0.717, 1.165) is 19.4 Å². The van der Waals surface area contributed by atoms with Gasteiger partial charge in [-0.05, 0) is 18.8 Å². The number of hydrogen-bond acceptors (Lipinski definition) is 3. The van der Waals surface area contributed by atoms with Crippen LogP contribution < -0.4 is 0 Å². The molecule has 2 rings (SSSR count). The van der Waals surface area contributed by atoms with Crippen molar-refractivity contribution < 1.29 is 14.8 Å². The molecule has 1 saturated heterocycles. The Labute approximate surface area is 60.1 Å². The first kappa shape index (κ1) is 6.64. The third-order valence-corrected chi connectivity index (χ3v) is 2.82. The molecule has 2 fully saturated rings. The highest BCUT2D eigenvalue weighted by Gasteiger charge is 2.62. The minimum absolute atomic E-state index is 0.168. The first-order chi connectivity index (χ1) is 4.76. The van der Waals surface area contributed by atoms with E-state index >= 15 is 0 Å². The Morgan fingerprint density at radius 2 is 2.30 bits per heavy atom. The summed E-state index contributed by atoms with van der Waals surface area (Å²) in [6.45, 7) is 1.41. The van der Waals surface area contributed by atoms with E-state index in [4.69, 9.17) is 14.8 Å². The zero-order valence-corrected chi connectivity index (χ0v) is 5.79. The molecule has 1 aliphatic heterocycles. The van der Waals surface area contributed by atoms with E-state index in [1.807, 2.05) is 0 Å². The molecule has 0 amide bonds. The standard InChI is InChI=1S/C6H11BO3/c8-7(9)6-1-2-10-4-5(6)3-6/h5,8-9H,1-4H2. The second kappa shape index (κ2) is 1.97. The molecule has 2 atom stereocenters. The number of hydrogen-bond donors (Lipinski definition) is 2. The normalized spacial score (nSPS) is 44.4. The van der Waals surface area contributed by atoms with Crippen molar-refractivity contribution in [3.63, 3.8) is 0 Å². The molecule has 1 heterocycles. The summed E-state index contributed by atoms with van der Waals surface area (Å²) in [5, 5.41) is 17.8. The summed E-state index contributed by atoms with van der Waals surface area (Å²) >= 11 is 0. The molecule has 0 radical (unpaired) electrons. The molecule has 2 N–H and O–H groups in total. The fraction of sp³-hybridized carbons (Fsp3) is 1.00. The molecule has 1 aliphatic carbocycles. The molecular weight excluding hydrogens is 131 g/mol. The molecule has 0 aromatic rings. The predicted octanol–water partition coefficient (Wildman–Crippen LogP) is -0.360. The molecule has 1 saturated carbocycles. The van der Waals surface area contributed by atoms with Crippen LogP contribution in [-0.2, 0) is 4.74 Å². The maximum Gasteiger partial charge on any atom is 0.458 e. The van der Waals surface area contributed by atoms with Crippen LogP contribution in [0.15, 0.2) is 0 Å². The minimum atomic E-state index is -1.12. The van der Waals surface area contributed by atoms with Gasteiger partial charge in [0.05, 0.1) is 0 Å². The van der Waals surface area contributed by atoms with Crippen LogP contribution in [0.25, 0.3) is 0 Å². The molecule has 2 aliphatic rings. The number of rotatable bonds is 1. The SMILES string of the molecule is OB(O)C12CCOCC1C2. The summed E-state index contributed by atoms with van der Waals surface area (Å²) in [7, 11) is -1.12. The van der Waals surface area contributed by atoms with E-state index in [1.165, 1.54) is 0 Å². The van der Waals surface area contributed by atoms with Crippen molar-refractivity contribution in [3.8, 4) is 0 Å². The average Bonchev–Trinajstić information content (AvgIpc) is 2.61. The van der Waals surface area contributed by atoms with Gasteiger partial charge in [0.1, 0.15) is 0 Å². The fourth-order valence-corrected chi connectivity index (χ4v) is 1.86. The van der Waals surface area contributed by atoms with Gasteiger partial charge in [-0.25, -0.2) is 0 Å². The van der Waals surface area contributed by atoms with Gasteiger partial charge in [0.25, 0.3) is 0 Å². The highest BCUT2D eigenvalue weighted by Crippen LogP contribution is 2.65. The Kier molecular flexibility index (Phi) is 1.31. The van der Waals surface area contributed by atoms with Gasteiger partial charge in [-0.1, -0.05) is 0 Å². The molecular formula is C6H11BO3. The summed E-state index contributed by atoms with van der Waals surface area (Å²) in [5.41, 5.74) is 0. The van der Waals surface area contributed by atoms with Gasteiger partial charge in [-0.15, -0.1) is 0 Å². The summed E-state index contributed by atoms with van der Waals surface area (Å²) < 4.78 is 5.18. The van der Waals surface area contributed by atoms with Crippen LogP contribution >= 0.6 is 0 Å². The zero-order chi connectivity index (χ0) is 7.19. The van der Waals surface area contributed by atoms with E-state index in [2.05, 4.69) is 0 Å². The molecule has 0 aromatic carbocycles. The van der Waals surface area contributed by atoms with Gasteiger partial charge in [0.2, 0.25) is 0 Å². The van der Waals surface area contributed by atoms with Crippen LogP contribution in [0, 0.1) is 5.92 Å². The summed E-state index contributed by atoms with van der Waals surface area (Å²) in [5.74, 6) is 0.418. The zero-order valence-electron chi connectivity index (χ0n) is 5.79. The van der Waals surface area contributed by atoms with Crippen LogP contribution in [0.5, 0.6) is 0 Å². The van der Waals surface area contributed by atoms with E-state index in [1.54, 1.807) is 0 Å². The van der Waals surface area contributed by atoms with Crippen molar-refractivity contribution in [2.75, 3.05) is 13.2 Å². The fourth-order valence-electron chi connectivity index (χ4n) is 1.86. The van der Waals surface area contributed by atoms with Gasteiger partial charge in [0.15, 0.2) is 0 Å². The number of fused-ring (bicyclic) bond motifs is 1. The van der Waals surface area contributed by atoms with Crippen LogP contribution in [0.3, 0.4) is 0 Å². The van der Waals surface area contributed by atoms with E-state index < -0.39 is 7.12 Å². The van der Waals surface area contributed by atoms with Crippen LogP contribution in [0.1, 0.15) is 12.8 Å². The lowest BCUT2D eigenvalue weighted by molar-refractivity contribution is 0.0856. The summed E-state index contributed by atoms with van der Waals surface area (Å²) in [6.07, 6.45) is 1.75. The van der Waals surface area contributed by atoms with Gasteiger partial charge in [-0.3, -0.25) is 0 Å². The second-order valence-corrected chi connectivity index (χ2v) is 3.33. The topological polar surface area (TPSA) is 49.7 Å². The Morgan fingerprint density at radius 1 is 1.50 bits per heavy atom.